The van der Waals surface area contributed by atoms with E-state index in [1.54, 1.807) is 18.2 Å². The summed E-state index contributed by atoms with van der Waals surface area (Å²) in [5.74, 6) is -0.500. The number of hydrogen-bond donors (Lipinski definition) is 1. The summed E-state index contributed by atoms with van der Waals surface area (Å²) < 4.78 is 18.9. The van der Waals surface area contributed by atoms with E-state index in [1.807, 2.05) is 6.92 Å². The Hall–Kier alpha value is -1.42. The van der Waals surface area contributed by atoms with Crippen LogP contribution in [0.4, 0.5) is 4.39 Å². The molecule has 1 aliphatic rings. The predicted molar refractivity (Wildman–Crippen MR) is 66.7 cm³/mol. The lowest BCUT2D eigenvalue weighted by Crippen LogP contribution is -2.41. The average Bonchev–Trinajstić information content (AvgIpc) is 2.85. The fourth-order valence-electron chi connectivity index (χ4n) is 2.21. The number of nitrogens with one attached hydrogen (secondary N) is 1. The van der Waals surface area contributed by atoms with E-state index in [4.69, 9.17) is 4.74 Å². The Bertz CT molecular complexity index is 416. The number of carbonyl (C=O) groups excluding carboxylic acids is 1. The van der Waals surface area contributed by atoms with Crippen LogP contribution in [-0.4, -0.2) is 24.7 Å². The fourth-order valence-corrected chi connectivity index (χ4v) is 2.21. The zero-order chi connectivity index (χ0) is 13.0. The fraction of sp³-hybridized carbons (Fsp3) is 0.500. The van der Waals surface area contributed by atoms with Gasteiger partial charge in [-0.2, -0.15) is 0 Å². The first-order valence-corrected chi connectivity index (χ1v) is 6.31. The summed E-state index contributed by atoms with van der Waals surface area (Å²) in [6, 6.07) is 6.32. The molecule has 0 unspecified atom stereocenters. The van der Waals surface area contributed by atoms with Crippen LogP contribution in [0.2, 0.25) is 0 Å². The van der Waals surface area contributed by atoms with Crippen molar-refractivity contribution in [2.75, 3.05) is 6.61 Å². The van der Waals surface area contributed by atoms with Gasteiger partial charge in [-0.05, 0) is 31.4 Å². The van der Waals surface area contributed by atoms with E-state index >= 15 is 0 Å². The van der Waals surface area contributed by atoms with Crippen molar-refractivity contribution in [3.05, 3.63) is 35.6 Å². The first kappa shape index (κ1) is 13.0. The summed E-state index contributed by atoms with van der Waals surface area (Å²) in [5, 5.41) is 2.87. The maximum absolute atomic E-state index is 13.4. The largest absolute Gasteiger partial charge is 0.376 e. The highest BCUT2D eigenvalue weighted by atomic mass is 19.1. The highest BCUT2D eigenvalue weighted by molar-refractivity contribution is 5.78. The molecule has 0 aliphatic carbocycles. The Morgan fingerprint density at radius 1 is 1.56 bits per heavy atom. The molecular weight excluding hydrogens is 233 g/mol. The van der Waals surface area contributed by atoms with Crippen molar-refractivity contribution in [3.63, 3.8) is 0 Å². The molecule has 1 N–H and O–H groups in total. The number of benzene rings is 1. The number of ether oxygens (including phenoxy) is 1. The van der Waals surface area contributed by atoms with E-state index in [0.29, 0.717) is 5.56 Å². The topological polar surface area (TPSA) is 38.3 Å². The number of rotatable bonds is 4. The van der Waals surface area contributed by atoms with E-state index in [9.17, 15) is 9.18 Å². The maximum Gasteiger partial charge on any atom is 0.224 e. The van der Waals surface area contributed by atoms with Gasteiger partial charge >= 0.3 is 0 Å². The molecular formula is C14H18FNO2. The van der Waals surface area contributed by atoms with Crippen LogP contribution < -0.4 is 5.32 Å². The predicted octanol–water partition coefficient (Wildman–Crippen LogP) is 2.05. The molecule has 0 aromatic heterocycles. The third kappa shape index (κ3) is 3.29. The molecule has 0 saturated carbocycles. The van der Waals surface area contributed by atoms with Crippen molar-refractivity contribution in [2.45, 2.75) is 38.3 Å². The Kier molecular flexibility index (Phi) is 4.31. The third-order valence-electron chi connectivity index (χ3n) is 3.22. The molecule has 1 fully saturated rings. The molecule has 2 atom stereocenters. The average molecular weight is 251 g/mol. The van der Waals surface area contributed by atoms with Gasteiger partial charge in [0.1, 0.15) is 5.82 Å². The van der Waals surface area contributed by atoms with Gasteiger partial charge in [0.2, 0.25) is 5.91 Å². The first-order valence-electron chi connectivity index (χ1n) is 6.31. The third-order valence-corrected chi connectivity index (χ3v) is 3.22. The second kappa shape index (κ2) is 5.96. The van der Waals surface area contributed by atoms with Gasteiger partial charge in [-0.3, -0.25) is 4.79 Å². The minimum Gasteiger partial charge on any atom is -0.376 e. The first-order chi connectivity index (χ1) is 8.66. The van der Waals surface area contributed by atoms with Gasteiger partial charge in [0, 0.05) is 6.61 Å². The number of amides is 1. The lowest BCUT2D eigenvalue weighted by atomic mass is 10.1. The van der Waals surface area contributed by atoms with E-state index in [0.717, 1.165) is 19.4 Å². The second-order valence-corrected chi connectivity index (χ2v) is 4.68. The van der Waals surface area contributed by atoms with Gasteiger partial charge in [-0.1, -0.05) is 18.2 Å². The quantitative estimate of drug-likeness (QED) is 0.889. The van der Waals surface area contributed by atoms with E-state index in [-0.39, 0.29) is 30.3 Å². The summed E-state index contributed by atoms with van der Waals surface area (Å²) in [6.45, 7) is 2.69. The van der Waals surface area contributed by atoms with Crippen molar-refractivity contribution in [2.24, 2.45) is 0 Å². The van der Waals surface area contributed by atoms with Crippen molar-refractivity contribution in [3.8, 4) is 0 Å². The van der Waals surface area contributed by atoms with Crippen molar-refractivity contribution in [1.29, 1.82) is 0 Å². The lowest BCUT2D eigenvalue weighted by molar-refractivity contribution is -0.121. The zero-order valence-corrected chi connectivity index (χ0v) is 10.5. The normalized spacial score (nSPS) is 20.7. The Balaban J connectivity index is 1.86. The molecule has 98 valence electrons. The molecule has 0 bridgehead atoms. The van der Waals surface area contributed by atoms with Gasteiger partial charge in [-0.15, -0.1) is 0 Å². The number of carbonyl (C=O) groups is 1. The molecule has 1 heterocycles. The van der Waals surface area contributed by atoms with Crippen LogP contribution in [0, 0.1) is 5.82 Å². The Morgan fingerprint density at radius 3 is 3.00 bits per heavy atom. The Morgan fingerprint density at radius 2 is 2.33 bits per heavy atom. The van der Waals surface area contributed by atoms with E-state index in [1.165, 1.54) is 6.07 Å². The lowest BCUT2D eigenvalue weighted by Gasteiger charge is -2.20. The molecule has 0 radical (unpaired) electrons. The van der Waals surface area contributed by atoms with Gasteiger partial charge < -0.3 is 10.1 Å². The highest BCUT2D eigenvalue weighted by Crippen LogP contribution is 2.15. The molecule has 1 aliphatic heterocycles. The van der Waals surface area contributed by atoms with Gasteiger partial charge in [0.15, 0.2) is 0 Å². The Labute approximate surface area is 106 Å². The summed E-state index contributed by atoms with van der Waals surface area (Å²) in [7, 11) is 0. The molecule has 1 saturated heterocycles. The molecule has 2 rings (SSSR count). The number of hydrogen-bond acceptors (Lipinski definition) is 2. The van der Waals surface area contributed by atoms with Crippen molar-refractivity contribution in [1.82, 2.24) is 5.32 Å². The van der Waals surface area contributed by atoms with Crippen LogP contribution in [0.3, 0.4) is 0 Å². The second-order valence-electron chi connectivity index (χ2n) is 4.68. The monoisotopic (exact) mass is 251 g/mol. The summed E-state index contributed by atoms with van der Waals surface area (Å²) in [4.78, 5) is 11.8. The van der Waals surface area contributed by atoms with E-state index < -0.39 is 0 Å². The van der Waals surface area contributed by atoms with Gasteiger partial charge in [0.25, 0.3) is 0 Å². The molecule has 1 aromatic rings. The molecule has 1 amide bonds. The minimum atomic E-state index is -0.336. The van der Waals surface area contributed by atoms with Crippen LogP contribution in [0.25, 0.3) is 0 Å². The van der Waals surface area contributed by atoms with Crippen LogP contribution in [-0.2, 0) is 16.0 Å². The van der Waals surface area contributed by atoms with Crippen LogP contribution in [0.5, 0.6) is 0 Å². The standard InChI is InChI=1S/C14H18FNO2/c1-10(13-7-4-8-18-13)16-14(17)9-11-5-2-3-6-12(11)15/h2-3,5-6,10,13H,4,7-9H2,1H3,(H,16,17)/t10-,13-/m0/s1. The van der Waals surface area contributed by atoms with Gasteiger partial charge in [-0.25, -0.2) is 4.39 Å². The SMILES string of the molecule is C[C@H](NC(=O)Cc1ccccc1F)[C@@H]1CCCO1. The maximum atomic E-state index is 13.4. The molecule has 18 heavy (non-hydrogen) atoms. The summed E-state index contributed by atoms with van der Waals surface area (Å²) >= 11 is 0. The van der Waals surface area contributed by atoms with E-state index in [2.05, 4.69) is 5.32 Å². The van der Waals surface area contributed by atoms with Crippen LogP contribution in [0.1, 0.15) is 25.3 Å². The van der Waals surface area contributed by atoms with Crippen LogP contribution in [0.15, 0.2) is 24.3 Å². The number of halogens is 1. The molecule has 3 nitrogen and oxygen atoms in total. The van der Waals surface area contributed by atoms with Crippen molar-refractivity contribution >= 4 is 5.91 Å². The molecule has 4 heteroatoms. The molecule has 0 spiro atoms. The minimum absolute atomic E-state index is 0.0215. The van der Waals surface area contributed by atoms with Crippen LogP contribution >= 0.6 is 0 Å². The summed E-state index contributed by atoms with van der Waals surface area (Å²) in [5.41, 5.74) is 0.426. The van der Waals surface area contributed by atoms with Crippen molar-refractivity contribution < 1.29 is 13.9 Å². The smallest absolute Gasteiger partial charge is 0.224 e. The molecule has 1 aromatic carbocycles. The van der Waals surface area contributed by atoms with Gasteiger partial charge in [0.05, 0.1) is 18.6 Å². The zero-order valence-electron chi connectivity index (χ0n) is 10.5. The highest BCUT2D eigenvalue weighted by Gasteiger charge is 2.23. The summed E-state index contributed by atoms with van der Waals surface area (Å²) in [6.07, 6.45) is 2.18.